The molecule has 0 saturated carbocycles. The first-order chi connectivity index (χ1) is 10.6. The summed E-state index contributed by atoms with van der Waals surface area (Å²) in [6.07, 6.45) is 1.33. The van der Waals surface area contributed by atoms with Crippen LogP contribution >= 0.6 is 0 Å². The summed E-state index contributed by atoms with van der Waals surface area (Å²) in [5.74, 6) is 0.784. The molecule has 0 aliphatic rings. The van der Waals surface area contributed by atoms with Gasteiger partial charge in [0, 0.05) is 5.69 Å². The van der Waals surface area contributed by atoms with Crippen molar-refractivity contribution in [3.8, 4) is 5.75 Å². The molecule has 2 rings (SSSR count). The minimum Gasteiger partial charge on any atom is -0.493 e. The molecular weight excluding hydrogens is 274 g/mol. The smallest absolute Gasteiger partial charge is 0.227 e. The molecule has 0 fully saturated rings. The molecule has 0 aliphatic heterocycles. The van der Waals surface area contributed by atoms with E-state index >= 15 is 0 Å². The van der Waals surface area contributed by atoms with Gasteiger partial charge in [0.2, 0.25) is 5.91 Å². The number of hydrogen-bond acceptors (Lipinski definition) is 2. The normalized spacial score (nSPS) is 10.3. The predicted molar refractivity (Wildman–Crippen MR) is 90.5 cm³/mol. The first-order valence-electron chi connectivity index (χ1n) is 7.66. The summed E-state index contributed by atoms with van der Waals surface area (Å²) in [5.41, 5.74) is 4.41. The Kier molecular flexibility index (Phi) is 5.59. The number of carbonyl (C=O) groups is 1. The fourth-order valence-corrected chi connectivity index (χ4v) is 2.33. The zero-order valence-electron chi connectivity index (χ0n) is 13.5. The first kappa shape index (κ1) is 16.1. The van der Waals surface area contributed by atoms with Crippen LogP contribution in [0.2, 0.25) is 0 Å². The standard InChI is InChI=1S/C19H23NO2/c1-4-16-5-7-17(8-6-16)20-19(21)9-10-22-18-12-14(2)11-15(3)13-18/h5-8,11-13H,4,9-10H2,1-3H3,(H,20,21). The molecule has 0 bridgehead atoms. The molecule has 3 heteroatoms. The van der Waals surface area contributed by atoms with E-state index in [-0.39, 0.29) is 5.91 Å². The van der Waals surface area contributed by atoms with Gasteiger partial charge >= 0.3 is 0 Å². The number of aryl methyl sites for hydroxylation is 3. The molecule has 3 nitrogen and oxygen atoms in total. The second-order valence-electron chi connectivity index (χ2n) is 5.52. The Hall–Kier alpha value is -2.29. The zero-order valence-corrected chi connectivity index (χ0v) is 13.5. The van der Waals surface area contributed by atoms with Gasteiger partial charge in [-0.1, -0.05) is 25.1 Å². The third-order valence-corrected chi connectivity index (χ3v) is 3.44. The quantitative estimate of drug-likeness (QED) is 0.864. The van der Waals surface area contributed by atoms with E-state index in [1.54, 1.807) is 0 Å². The number of ether oxygens (including phenoxy) is 1. The maximum absolute atomic E-state index is 11.9. The Morgan fingerprint density at radius 1 is 1.05 bits per heavy atom. The molecule has 0 aromatic heterocycles. The molecule has 0 radical (unpaired) electrons. The lowest BCUT2D eigenvalue weighted by molar-refractivity contribution is -0.116. The number of rotatable bonds is 6. The molecule has 116 valence electrons. The molecule has 2 aromatic carbocycles. The van der Waals surface area contributed by atoms with E-state index < -0.39 is 0 Å². The van der Waals surface area contributed by atoms with Gasteiger partial charge in [0.15, 0.2) is 0 Å². The fraction of sp³-hybridized carbons (Fsp3) is 0.316. The van der Waals surface area contributed by atoms with E-state index in [0.29, 0.717) is 13.0 Å². The van der Waals surface area contributed by atoms with E-state index in [9.17, 15) is 4.79 Å². The molecule has 0 heterocycles. The van der Waals surface area contributed by atoms with Crippen LogP contribution in [-0.2, 0) is 11.2 Å². The number of amides is 1. The SMILES string of the molecule is CCc1ccc(NC(=O)CCOc2cc(C)cc(C)c2)cc1. The monoisotopic (exact) mass is 297 g/mol. The Labute approximate surface area is 132 Å². The van der Waals surface area contributed by atoms with E-state index in [2.05, 4.69) is 18.3 Å². The van der Waals surface area contributed by atoms with Gasteiger partial charge in [0.05, 0.1) is 13.0 Å². The number of hydrogen-bond donors (Lipinski definition) is 1. The fourth-order valence-electron chi connectivity index (χ4n) is 2.33. The number of nitrogens with one attached hydrogen (secondary N) is 1. The maximum Gasteiger partial charge on any atom is 0.227 e. The average molecular weight is 297 g/mol. The van der Waals surface area contributed by atoms with Crippen molar-refractivity contribution in [3.05, 3.63) is 59.2 Å². The van der Waals surface area contributed by atoms with Gasteiger partial charge in [-0.3, -0.25) is 4.79 Å². The summed E-state index contributed by atoms with van der Waals surface area (Å²) in [6.45, 7) is 6.55. The third-order valence-electron chi connectivity index (χ3n) is 3.44. The van der Waals surface area contributed by atoms with Gasteiger partial charge in [-0.15, -0.1) is 0 Å². The van der Waals surface area contributed by atoms with Crippen LogP contribution in [0.4, 0.5) is 5.69 Å². The highest BCUT2D eigenvalue weighted by atomic mass is 16.5. The zero-order chi connectivity index (χ0) is 15.9. The largest absolute Gasteiger partial charge is 0.493 e. The van der Waals surface area contributed by atoms with Gasteiger partial charge < -0.3 is 10.1 Å². The Morgan fingerprint density at radius 2 is 1.68 bits per heavy atom. The maximum atomic E-state index is 11.9. The van der Waals surface area contributed by atoms with E-state index in [4.69, 9.17) is 4.74 Å². The topological polar surface area (TPSA) is 38.3 Å². The molecule has 2 aromatic rings. The molecule has 0 saturated heterocycles. The summed E-state index contributed by atoms with van der Waals surface area (Å²) >= 11 is 0. The van der Waals surface area contributed by atoms with Crippen LogP contribution in [0.25, 0.3) is 0 Å². The van der Waals surface area contributed by atoms with Gasteiger partial charge in [-0.25, -0.2) is 0 Å². The Morgan fingerprint density at radius 3 is 2.27 bits per heavy atom. The molecule has 22 heavy (non-hydrogen) atoms. The number of carbonyl (C=O) groups excluding carboxylic acids is 1. The molecule has 0 unspecified atom stereocenters. The van der Waals surface area contributed by atoms with Gasteiger partial charge in [0.25, 0.3) is 0 Å². The predicted octanol–water partition coefficient (Wildman–Crippen LogP) is 4.27. The highest BCUT2D eigenvalue weighted by Crippen LogP contribution is 2.16. The van der Waals surface area contributed by atoms with Gasteiger partial charge in [-0.05, 0) is 61.2 Å². The Bertz CT molecular complexity index is 612. The van der Waals surface area contributed by atoms with Crippen molar-refractivity contribution in [2.45, 2.75) is 33.6 Å². The summed E-state index contributed by atoms with van der Waals surface area (Å²) in [4.78, 5) is 11.9. The lowest BCUT2D eigenvalue weighted by atomic mass is 10.1. The first-order valence-corrected chi connectivity index (χ1v) is 7.66. The second kappa shape index (κ2) is 7.64. The van der Waals surface area contributed by atoms with Crippen LogP contribution in [0.1, 0.15) is 30.0 Å². The molecule has 1 amide bonds. The van der Waals surface area contributed by atoms with E-state index in [0.717, 1.165) is 29.0 Å². The molecule has 0 atom stereocenters. The summed E-state index contributed by atoms with van der Waals surface area (Å²) in [6, 6.07) is 14.0. The van der Waals surface area contributed by atoms with Crippen LogP contribution in [0.15, 0.2) is 42.5 Å². The lowest BCUT2D eigenvalue weighted by Crippen LogP contribution is -2.15. The number of anilines is 1. The number of benzene rings is 2. The van der Waals surface area contributed by atoms with Gasteiger partial charge in [0.1, 0.15) is 5.75 Å². The Balaban J connectivity index is 1.79. The lowest BCUT2D eigenvalue weighted by Gasteiger charge is -2.09. The van der Waals surface area contributed by atoms with Crippen molar-refractivity contribution in [1.82, 2.24) is 0 Å². The van der Waals surface area contributed by atoms with E-state index in [1.165, 1.54) is 5.56 Å². The van der Waals surface area contributed by atoms with Crippen molar-refractivity contribution in [3.63, 3.8) is 0 Å². The third kappa shape index (κ3) is 4.92. The molecule has 0 aliphatic carbocycles. The summed E-state index contributed by atoms with van der Waals surface area (Å²) in [5, 5.41) is 2.88. The van der Waals surface area contributed by atoms with Crippen LogP contribution < -0.4 is 10.1 Å². The molecular formula is C19H23NO2. The van der Waals surface area contributed by atoms with Crippen molar-refractivity contribution >= 4 is 11.6 Å². The van der Waals surface area contributed by atoms with Crippen LogP contribution in [-0.4, -0.2) is 12.5 Å². The van der Waals surface area contributed by atoms with E-state index in [1.807, 2.05) is 50.2 Å². The summed E-state index contributed by atoms with van der Waals surface area (Å²) in [7, 11) is 0. The van der Waals surface area contributed by atoms with Crippen molar-refractivity contribution in [1.29, 1.82) is 0 Å². The molecule has 0 spiro atoms. The van der Waals surface area contributed by atoms with Crippen LogP contribution in [0, 0.1) is 13.8 Å². The van der Waals surface area contributed by atoms with Crippen molar-refractivity contribution in [2.75, 3.05) is 11.9 Å². The average Bonchev–Trinajstić information content (AvgIpc) is 2.47. The highest BCUT2D eigenvalue weighted by Gasteiger charge is 2.04. The highest BCUT2D eigenvalue weighted by molar-refractivity contribution is 5.90. The van der Waals surface area contributed by atoms with Crippen LogP contribution in [0.5, 0.6) is 5.75 Å². The van der Waals surface area contributed by atoms with Crippen molar-refractivity contribution in [2.24, 2.45) is 0 Å². The second-order valence-corrected chi connectivity index (χ2v) is 5.52. The van der Waals surface area contributed by atoms with Crippen LogP contribution in [0.3, 0.4) is 0 Å². The minimum atomic E-state index is -0.0337. The van der Waals surface area contributed by atoms with Gasteiger partial charge in [-0.2, -0.15) is 0 Å². The summed E-state index contributed by atoms with van der Waals surface area (Å²) < 4.78 is 5.65. The van der Waals surface area contributed by atoms with Crippen molar-refractivity contribution < 1.29 is 9.53 Å². The minimum absolute atomic E-state index is 0.0337. The molecule has 1 N–H and O–H groups in total.